The van der Waals surface area contributed by atoms with E-state index in [0.29, 0.717) is 6.54 Å². The Balaban J connectivity index is 2.63. The Labute approximate surface area is 88.9 Å². The molecule has 6 nitrogen and oxygen atoms in total. The highest BCUT2D eigenvalue weighted by molar-refractivity contribution is 7.89. The first kappa shape index (κ1) is 12.4. The van der Waals surface area contributed by atoms with Crippen LogP contribution in [0.2, 0.25) is 0 Å². The molecule has 0 bridgehead atoms. The number of hydrogen-bond donors (Lipinski definition) is 1. The van der Waals surface area contributed by atoms with Crippen LogP contribution in [-0.2, 0) is 19.6 Å². The lowest BCUT2D eigenvalue weighted by Gasteiger charge is -2.17. The number of nitrogens with zero attached hydrogens (tertiary/aromatic N) is 1. The fourth-order valence-corrected chi connectivity index (χ4v) is 3.46. The molecular formula is C8H15NO5S. The van der Waals surface area contributed by atoms with E-state index in [0.717, 1.165) is 11.4 Å². The molecule has 0 amide bonds. The number of esters is 1. The van der Waals surface area contributed by atoms with Crippen LogP contribution in [0.15, 0.2) is 0 Å². The van der Waals surface area contributed by atoms with Gasteiger partial charge in [-0.3, -0.25) is 0 Å². The fraction of sp³-hybridized carbons (Fsp3) is 0.875. The Morgan fingerprint density at radius 2 is 2.27 bits per heavy atom. The summed E-state index contributed by atoms with van der Waals surface area (Å²) in [6.45, 7) is 1.93. The number of aliphatic hydroxyl groups is 1. The van der Waals surface area contributed by atoms with Gasteiger partial charge in [-0.2, -0.15) is 4.31 Å². The molecule has 0 saturated carbocycles. The second-order valence-electron chi connectivity index (χ2n) is 3.74. The van der Waals surface area contributed by atoms with Gasteiger partial charge in [0.2, 0.25) is 10.0 Å². The van der Waals surface area contributed by atoms with E-state index >= 15 is 0 Å². The summed E-state index contributed by atoms with van der Waals surface area (Å²) in [5, 5.41) is 9.32. The molecule has 0 spiro atoms. The molecule has 0 aromatic rings. The van der Waals surface area contributed by atoms with Crippen molar-refractivity contribution in [3.63, 3.8) is 0 Å². The van der Waals surface area contributed by atoms with Crippen LogP contribution in [0.1, 0.15) is 6.92 Å². The summed E-state index contributed by atoms with van der Waals surface area (Å²) in [5.41, 5.74) is 0. The summed E-state index contributed by atoms with van der Waals surface area (Å²) < 4.78 is 28.4. The molecule has 2 unspecified atom stereocenters. The molecule has 1 aliphatic rings. The molecule has 0 aromatic heterocycles. The van der Waals surface area contributed by atoms with Crippen molar-refractivity contribution in [2.45, 2.75) is 13.0 Å². The SMILES string of the molecule is COC(=O)C(O)CN1CC(C)CS1(=O)=O. The first-order valence-electron chi connectivity index (χ1n) is 4.60. The summed E-state index contributed by atoms with van der Waals surface area (Å²) in [5.74, 6) is -0.717. The Morgan fingerprint density at radius 3 is 2.67 bits per heavy atom. The molecule has 1 saturated heterocycles. The van der Waals surface area contributed by atoms with Crippen LogP contribution in [0.3, 0.4) is 0 Å². The predicted octanol–water partition coefficient (Wildman–Crippen LogP) is -1.20. The lowest BCUT2D eigenvalue weighted by atomic mass is 10.2. The molecule has 1 aliphatic heterocycles. The van der Waals surface area contributed by atoms with E-state index < -0.39 is 22.1 Å². The van der Waals surface area contributed by atoms with Gasteiger partial charge in [-0.15, -0.1) is 0 Å². The number of carbonyl (C=O) groups is 1. The van der Waals surface area contributed by atoms with E-state index in [2.05, 4.69) is 4.74 Å². The van der Waals surface area contributed by atoms with Crippen molar-refractivity contribution in [1.82, 2.24) is 4.31 Å². The van der Waals surface area contributed by atoms with E-state index in [-0.39, 0.29) is 18.2 Å². The molecule has 88 valence electrons. The number of ether oxygens (including phenoxy) is 1. The molecule has 2 atom stereocenters. The predicted molar refractivity (Wildman–Crippen MR) is 52.5 cm³/mol. The second kappa shape index (κ2) is 4.46. The van der Waals surface area contributed by atoms with Crippen molar-refractivity contribution in [2.75, 3.05) is 26.0 Å². The Hall–Kier alpha value is -0.660. The summed E-state index contributed by atoms with van der Waals surface area (Å²) in [6, 6.07) is 0. The third-order valence-corrected chi connectivity index (χ3v) is 4.33. The number of methoxy groups -OCH3 is 1. The third kappa shape index (κ3) is 2.90. The van der Waals surface area contributed by atoms with Crippen molar-refractivity contribution in [3.05, 3.63) is 0 Å². The number of β-amino-alcohol motifs (C(OH)–C–C–N with tert-alkyl or cyclic N) is 1. The van der Waals surface area contributed by atoms with Crippen molar-refractivity contribution in [3.8, 4) is 0 Å². The summed E-state index contributed by atoms with van der Waals surface area (Å²) in [4.78, 5) is 10.9. The van der Waals surface area contributed by atoms with Gasteiger partial charge < -0.3 is 9.84 Å². The maximum absolute atomic E-state index is 11.5. The van der Waals surface area contributed by atoms with Gasteiger partial charge in [0, 0.05) is 6.54 Å². The zero-order chi connectivity index (χ0) is 11.6. The summed E-state index contributed by atoms with van der Waals surface area (Å²) >= 11 is 0. The Morgan fingerprint density at radius 1 is 1.67 bits per heavy atom. The van der Waals surface area contributed by atoms with Gasteiger partial charge in [-0.1, -0.05) is 6.92 Å². The lowest BCUT2D eigenvalue weighted by molar-refractivity contribution is -0.150. The minimum atomic E-state index is -3.31. The highest BCUT2D eigenvalue weighted by atomic mass is 32.2. The zero-order valence-electron chi connectivity index (χ0n) is 8.71. The summed E-state index contributed by atoms with van der Waals surface area (Å²) in [6.07, 6.45) is -1.41. The largest absolute Gasteiger partial charge is 0.467 e. The monoisotopic (exact) mass is 237 g/mol. The lowest BCUT2D eigenvalue weighted by Crippen LogP contribution is -2.38. The van der Waals surface area contributed by atoms with Crippen LogP contribution in [0.25, 0.3) is 0 Å². The first-order valence-corrected chi connectivity index (χ1v) is 6.21. The highest BCUT2D eigenvalue weighted by Crippen LogP contribution is 2.18. The average Bonchev–Trinajstić information content (AvgIpc) is 2.38. The molecule has 1 heterocycles. The maximum Gasteiger partial charge on any atom is 0.336 e. The van der Waals surface area contributed by atoms with Crippen LogP contribution >= 0.6 is 0 Å². The highest BCUT2D eigenvalue weighted by Gasteiger charge is 2.36. The molecular weight excluding hydrogens is 222 g/mol. The standard InChI is InChI=1S/C8H15NO5S/c1-6-3-9(15(12,13)5-6)4-7(10)8(11)14-2/h6-7,10H,3-5H2,1-2H3. The van der Waals surface area contributed by atoms with Crippen LogP contribution in [0.4, 0.5) is 0 Å². The topological polar surface area (TPSA) is 83.9 Å². The molecule has 0 aliphatic carbocycles. The van der Waals surface area contributed by atoms with Gasteiger partial charge in [0.05, 0.1) is 19.4 Å². The quantitative estimate of drug-likeness (QED) is 0.623. The Bertz CT molecular complexity index is 339. The van der Waals surface area contributed by atoms with E-state index in [4.69, 9.17) is 0 Å². The summed E-state index contributed by atoms with van der Waals surface area (Å²) in [7, 11) is -2.16. The van der Waals surface area contributed by atoms with Gasteiger partial charge in [0.1, 0.15) is 0 Å². The second-order valence-corrected chi connectivity index (χ2v) is 5.75. The van der Waals surface area contributed by atoms with E-state index in [1.807, 2.05) is 6.92 Å². The van der Waals surface area contributed by atoms with Gasteiger partial charge in [0.15, 0.2) is 6.10 Å². The molecule has 7 heteroatoms. The molecule has 1 N–H and O–H groups in total. The molecule has 1 rings (SSSR count). The van der Waals surface area contributed by atoms with Crippen molar-refractivity contribution < 1.29 is 23.1 Å². The first-order chi connectivity index (χ1) is 6.86. The number of carbonyl (C=O) groups excluding carboxylic acids is 1. The minimum absolute atomic E-state index is 0.0276. The van der Waals surface area contributed by atoms with Crippen LogP contribution < -0.4 is 0 Å². The molecule has 15 heavy (non-hydrogen) atoms. The van der Waals surface area contributed by atoms with Crippen molar-refractivity contribution in [1.29, 1.82) is 0 Å². The number of sulfonamides is 1. The minimum Gasteiger partial charge on any atom is -0.467 e. The van der Waals surface area contributed by atoms with Gasteiger partial charge >= 0.3 is 5.97 Å². The van der Waals surface area contributed by atoms with Gasteiger partial charge in [0.25, 0.3) is 0 Å². The van der Waals surface area contributed by atoms with Crippen LogP contribution in [0.5, 0.6) is 0 Å². The number of hydrogen-bond acceptors (Lipinski definition) is 5. The van der Waals surface area contributed by atoms with E-state index in [1.54, 1.807) is 0 Å². The van der Waals surface area contributed by atoms with E-state index in [1.165, 1.54) is 0 Å². The average molecular weight is 237 g/mol. The van der Waals surface area contributed by atoms with Gasteiger partial charge in [-0.25, -0.2) is 13.2 Å². The van der Waals surface area contributed by atoms with E-state index in [9.17, 15) is 18.3 Å². The normalized spacial score (nSPS) is 27.5. The Kier molecular flexibility index (Phi) is 3.69. The number of rotatable bonds is 3. The zero-order valence-corrected chi connectivity index (χ0v) is 9.53. The van der Waals surface area contributed by atoms with Gasteiger partial charge in [-0.05, 0) is 5.92 Å². The molecule has 0 aromatic carbocycles. The molecule has 0 radical (unpaired) electrons. The smallest absolute Gasteiger partial charge is 0.336 e. The number of aliphatic hydroxyl groups excluding tert-OH is 1. The van der Waals surface area contributed by atoms with Crippen molar-refractivity contribution in [2.24, 2.45) is 5.92 Å². The molecule has 1 fully saturated rings. The van der Waals surface area contributed by atoms with Crippen LogP contribution in [-0.4, -0.2) is 55.9 Å². The van der Waals surface area contributed by atoms with Crippen LogP contribution in [0, 0.1) is 5.92 Å². The third-order valence-electron chi connectivity index (χ3n) is 2.25. The van der Waals surface area contributed by atoms with Crippen molar-refractivity contribution >= 4 is 16.0 Å². The maximum atomic E-state index is 11.5. The fourth-order valence-electron chi connectivity index (χ4n) is 1.57.